The number of halogens is 1. The van der Waals surface area contributed by atoms with Gasteiger partial charge in [-0.15, -0.1) is 10.2 Å². The van der Waals surface area contributed by atoms with E-state index in [0.29, 0.717) is 16.1 Å². The van der Waals surface area contributed by atoms with Gasteiger partial charge in [0.2, 0.25) is 11.8 Å². The van der Waals surface area contributed by atoms with Gasteiger partial charge in [0.25, 0.3) is 5.22 Å². The number of fused-ring (bicyclic) bond motifs is 1. The molecule has 1 amide bonds. The molecular weight excluding hydrogens is 406 g/mol. The molecule has 4 rings (SSSR count). The summed E-state index contributed by atoms with van der Waals surface area (Å²) < 4.78 is 5.62. The lowest BCUT2D eigenvalue weighted by atomic mass is 10.0. The number of thioether (sulfide) groups is 1. The topological polar surface area (TPSA) is 68.0 Å². The van der Waals surface area contributed by atoms with Crippen LogP contribution in [-0.2, 0) is 4.79 Å². The average molecular weight is 424 g/mol. The molecule has 3 aromatic carbocycles. The summed E-state index contributed by atoms with van der Waals surface area (Å²) in [6.07, 6.45) is 0. The second kappa shape index (κ2) is 8.68. The molecule has 29 heavy (non-hydrogen) atoms. The lowest BCUT2D eigenvalue weighted by Crippen LogP contribution is -2.28. The molecule has 146 valence electrons. The van der Waals surface area contributed by atoms with Crippen LogP contribution < -0.4 is 5.32 Å². The molecule has 0 aliphatic rings. The highest BCUT2D eigenvalue weighted by molar-refractivity contribution is 7.99. The van der Waals surface area contributed by atoms with Crippen molar-refractivity contribution in [2.75, 3.05) is 5.75 Å². The Hall–Kier alpha value is -2.83. The number of amides is 1. The fraction of sp³-hybridized carbons (Fsp3) is 0.136. The van der Waals surface area contributed by atoms with Gasteiger partial charge in [-0.25, -0.2) is 0 Å². The van der Waals surface area contributed by atoms with Gasteiger partial charge in [0, 0.05) is 10.6 Å². The Morgan fingerprint density at radius 1 is 1.07 bits per heavy atom. The third-order valence-corrected chi connectivity index (χ3v) is 5.55. The van der Waals surface area contributed by atoms with Crippen molar-refractivity contribution in [1.29, 1.82) is 0 Å². The van der Waals surface area contributed by atoms with Crippen LogP contribution >= 0.6 is 23.4 Å². The van der Waals surface area contributed by atoms with E-state index in [9.17, 15) is 4.79 Å². The Labute approximate surface area is 177 Å². The zero-order valence-electron chi connectivity index (χ0n) is 15.6. The summed E-state index contributed by atoms with van der Waals surface area (Å²) in [5.41, 5.74) is 1.84. The molecule has 0 fully saturated rings. The number of hydrogen-bond donors (Lipinski definition) is 1. The lowest BCUT2D eigenvalue weighted by Gasteiger charge is -2.14. The SMILES string of the molecule is CC(NC(=O)CSc1nnc(-c2ccc(Cl)cc2)o1)c1ccc2ccccc2c1. The quantitative estimate of drug-likeness (QED) is 0.414. The predicted octanol–water partition coefficient (Wildman–Crippen LogP) is 5.51. The number of aromatic nitrogens is 2. The molecule has 0 saturated heterocycles. The van der Waals surface area contributed by atoms with Crippen LogP contribution in [0.15, 0.2) is 76.4 Å². The van der Waals surface area contributed by atoms with Crippen LogP contribution in [-0.4, -0.2) is 21.9 Å². The van der Waals surface area contributed by atoms with Gasteiger partial charge < -0.3 is 9.73 Å². The first-order chi connectivity index (χ1) is 14.1. The van der Waals surface area contributed by atoms with Crippen LogP contribution in [0.3, 0.4) is 0 Å². The molecule has 0 spiro atoms. The van der Waals surface area contributed by atoms with Crippen LogP contribution in [0, 0.1) is 0 Å². The van der Waals surface area contributed by atoms with E-state index in [-0.39, 0.29) is 17.7 Å². The van der Waals surface area contributed by atoms with Gasteiger partial charge >= 0.3 is 0 Å². The van der Waals surface area contributed by atoms with Gasteiger partial charge in [-0.3, -0.25) is 4.79 Å². The molecule has 0 aliphatic heterocycles. The molecule has 0 radical (unpaired) electrons. The summed E-state index contributed by atoms with van der Waals surface area (Å²) in [6.45, 7) is 1.97. The first-order valence-corrected chi connectivity index (χ1v) is 10.4. The predicted molar refractivity (Wildman–Crippen MR) is 116 cm³/mol. The molecule has 1 unspecified atom stereocenters. The van der Waals surface area contributed by atoms with Gasteiger partial charge in [-0.2, -0.15) is 0 Å². The number of carbonyl (C=O) groups excluding carboxylic acids is 1. The van der Waals surface area contributed by atoms with Crippen molar-refractivity contribution in [2.24, 2.45) is 0 Å². The van der Waals surface area contributed by atoms with E-state index in [4.69, 9.17) is 16.0 Å². The third-order valence-electron chi connectivity index (χ3n) is 4.48. The fourth-order valence-electron chi connectivity index (χ4n) is 2.95. The Balaban J connectivity index is 1.34. The van der Waals surface area contributed by atoms with Crippen molar-refractivity contribution < 1.29 is 9.21 Å². The van der Waals surface area contributed by atoms with E-state index in [0.717, 1.165) is 16.5 Å². The minimum Gasteiger partial charge on any atom is -0.411 e. The summed E-state index contributed by atoms with van der Waals surface area (Å²) in [4.78, 5) is 12.3. The smallest absolute Gasteiger partial charge is 0.277 e. The van der Waals surface area contributed by atoms with Crippen molar-refractivity contribution in [3.05, 3.63) is 77.3 Å². The summed E-state index contributed by atoms with van der Waals surface area (Å²) >= 11 is 7.10. The number of nitrogens with zero attached hydrogens (tertiary/aromatic N) is 2. The highest BCUT2D eigenvalue weighted by atomic mass is 35.5. The molecule has 0 bridgehead atoms. The molecule has 5 nitrogen and oxygen atoms in total. The van der Waals surface area contributed by atoms with Gasteiger partial charge in [0.1, 0.15) is 0 Å². The van der Waals surface area contributed by atoms with E-state index < -0.39 is 0 Å². The highest BCUT2D eigenvalue weighted by Crippen LogP contribution is 2.25. The standard InChI is InChI=1S/C22H18ClN3O2S/c1-14(17-7-6-15-4-2-3-5-18(15)12-17)24-20(27)13-29-22-26-25-21(28-22)16-8-10-19(23)11-9-16/h2-12,14H,13H2,1H3,(H,24,27). The highest BCUT2D eigenvalue weighted by Gasteiger charge is 2.14. The second-order valence-corrected chi connectivity index (χ2v) is 7.93. The number of nitrogens with one attached hydrogen (secondary N) is 1. The average Bonchev–Trinajstić information content (AvgIpc) is 3.21. The van der Waals surface area contributed by atoms with Gasteiger partial charge in [0.05, 0.1) is 11.8 Å². The number of carbonyl (C=O) groups is 1. The Morgan fingerprint density at radius 2 is 1.83 bits per heavy atom. The maximum absolute atomic E-state index is 12.3. The molecule has 7 heteroatoms. The van der Waals surface area contributed by atoms with Crippen molar-refractivity contribution in [2.45, 2.75) is 18.2 Å². The Kier molecular flexibility index (Phi) is 5.83. The van der Waals surface area contributed by atoms with Crippen LogP contribution in [0.4, 0.5) is 0 Å². The van der Waals surface area contributed by atoms with Gasteiger partial charge in [-0.1, -0.05) is 59.8 Å². The monoisotopic (exact) mass is 423 g/mol. The van der Waals surface area contributed by atoms with Gasteiger partial charge in [-0.05, 0) is 53.6 Å². The van der Waals surface area contributed by atoms with Crippen molar-refractivity contribution >= 4 is 40.0 Å². The van der Waals surface area contributed by atoms with Crippen molar-refractivity contribution in [1.82, 2.24) is 15.5 Å². The molecule has 1 heterocycles. The normalized spacial score (nSPS) is 12.1. The summed E-state index contributed by atoms with van der Waals surface area (Å²) in [6, 6.07) is 21.4. The van der Waals surface area contributed by atoms with E-state index in [1.807, 2.05) is 37.3 Å². The zero-order chi connectivity index (χ0) is 20.2. The summed E-state index contributed by atoms with van der Waals surface area (Å²) in [5, 5.41) is 14.3. The molecule has 0 saturated carbocycles. The first kappa shape index (κ1) is 19.5. The number of hydrogen-bond acceptors (Lipinski definition) is 5. The van der Waals surface area contributed by atoms with Crippen LogP contribution in [0.1, 0.15) is 18.5 Å². The molecule has 1 aromatic heterocycles. The maximum atomic E-state index is 12.3. The van der Waals surface area contributed by atoms with Crippen LogP contribution in [0.2, 0.25) is 5.02 Å². The zero-order valence-corrected chi connectivity index (χ0v) is 17.2. The maximum Gasteiger partial charge on any atom is 0.277 e. The van der Waals surface area contributed by atoms with Crippen LogP contribution in [0.25, 0.3) is 22.2 Å². The van der Waals surface area contributed by atoms with Crippen molar-refractivity contribution in [3.8, 4) is 11.5 Å². The Morgan fingerprint density at radius 3 is 2.62 bits per heavy atom. The third kappa shape index (κ3) is 4.78. The minimum atomic E-state index is -0.0972. The molecule has 1 atom stereocenters. The largest absolute Gasteiger partial charge is 0.411 e. The molecular formula is C22H18ClN3O2S. The lowest BCUT2D eigenvalue weighted by molar-refractivity contribution is -0.119. The summed E-state index contributed by atoms with van der Waals surface area (Å²) in [5.74, 6) is 0.496. The van der Waals surface area contributed by atoms with E-state index in [2.05, 4.69) is 39.8 Å². The summed E-state index contributed by atoms with van der Waals surface area (Å²) in [7, 11) is 0. The molecule has 4 aromatic rings. The van der Waals surface area contributed by atoms with Gasteiger partial charge in [0.15, 0.2) is 0 Å². The molecule has 0 aliphatic carbocycles. The van der Waals surface area contributed by atoms with E-state index in [1.165, 1.54) is 17.1 Å². The second-order valence-electron chi connectivity index (χ2n) is 6.56. The minimum absolute atomic E-state index is 0.0955. The number of rotatable bonds is 6. The number of benzene rings is 3. The van der Waals surface area contributed by atoms with Crippen molar-refractivity contribution in [3.63, 3.8) is 0 Å². The van der Waals surface area contributed by atoms with E-state index >= 15 is 0 Å². The fourth-order valence-corrected chi connectivity index (χ4v) is 3.65. The Bertz CT molecular complexity index is 1140. The van der Waals surface area contributed by atoms with Crippen LogP contribution in [0.5, 0.6) is 0 Å². The molecule has 1 N–H and O–H groups in total. The van der Waals surface area contributed by atoms with E-state index in [1.54, 1.807) is 12.1 Å². The first-order valence-electron chi connectivity index (χ1n) is 9.09.